The summed E-state index contributed by atoms with van der Waals surface area (Å²) in [5, 5.41) is 3.57. The van der Waals surface area contributed by atoms with Crippen LogP contribution in [0.2, 0.25) is 0 Å². The van der Waals surface area contributed by atoms with Crippen LogP contribution < -0.4 is 5.32 Å². The van der Waals surface area contributed by atoms with E-state index >= 15 is 0 Å². The lowest BCUT2D eigenvalue weighted by atomic mass is 9.93. The van der Waals surface area contributed by atoms with Crippen LogP contribution in [-0.2, 0) is 11.3 Å². The van der Waals surface area contributed by atoms with Crippen molar-refractivity contribution < 1.29 is 4.74 Å². The summed E-state index contributed by atoms with van der Waals surface area (Å²) in [6, 6.07) is 0.329. The van der Waals surface area contributed by atoms with E-state index in [0.29, 0.717) is 12.0 Å². The zero-order valence-electron chi connectivity index (χ0n) is 10.9. The van der Waals surface area contributed by atoms with Gasteiger partial charge in [-0.15, -0.1) is 0 Å². The predicted molar refractivity (Wildman–Crippen MR) is 67.9 cm³/mol. The molecule has 0 radical (unpaired) electrons. The predicted octanol–water partition coefficient (Wildman–Crippen LogP) is 1.98. The van der Waals surface area contributed by atoms with Gasteiger partial charge in [0.05, 0.1) is 12.6 Å². The Balaban J connectivity index is 2.15. The summed E-state index contributed by atoms with van der Waals surface area (Å²) in [5.41, 5.74) is 0. The summed E-state index contributed by atoms with van der Waals surface area (Å²) in [6.45, 7) is 8.02. The monoisotopic (exact) mass is 237 g/mol. The molecule has 1 aliphatic rings. The van der Waals surface area contributed by atoms with Crippen molar-refractivity contribution in [2.24, 2.45) is 5.92 Å². The maximum absolute atomic E-state index is 5.60. The third kappa shape index (κ3) is 2.87. The lowest BCUT2D eigenvalue weighted by Gasteiger charge is -2.30. The van der Waals surface area contributed by atoms with Gasteiger partial charge in [0, 0.05) is 31.5 Å². The van der Waals surface area contributed by atoms with Crippen LogP contribution in [0.25, 0.3) is 0 Å². The normalized spacial score (nSPS) is 22.6. The summed E-state index contributed by atoms with van der Waals surface area (Å²) in [5.74, 6) is 1.71. The lowest BCUT2D eigenvalue weighted by Crippen LogP contribution is -2.35. The fourth-order valence-electron chi connectivity index (χ4n) is 2.58. The highest BCUT2D eigenvalue weighted by Gasteiger charge is 2.27. The summed E-state index contributed by atoms with van der Waals surface area (Å²) < 4.78 is 7.83. The fraction of sp³-hybridized carbons (Fsp3) is 0.769. The minimum Gasteiger partial charge on any atom is -0.381 e. The summed E-state index contributed by atoms with van der Waals surface area (Å²) in [6.07, 6.45) is 6.35. The number of imidazole rings is 1. The van der Waals surface area contributed by atoms with Gasteiger partial charge in [-0.05, 0) is 26.3 Å². The van der Waals surface area contributed by atoms with Crippen LogP contribution in [0.4, 0.5) is 0 Å². The summed E-state index contributed by atoms with van der Waals surface area (Å²) in [4.78, 5) is 4.53. The van der Waals surface area contributed by atoms with Gasteiger partial charge in [0.25, 0.3) is 0 Å². The molecule has 2 rings (SSSR count). The van der Waals surface area contributed by atoms with Crippen LogP contribution in [0, 0.1) is 5.92 Å². The first-order chi connectivity index (χ1) is 8.36. The van der Waals surface area contributed by atoms with Crippen LogP contribution in [-0.4, -0.2) is 29.3 Å². The smallest absolute Gasteiger partial charge is 0.126 e. The van der Waals surface area contributed by atoms with E-state index in [2.05, 4.69) is 34.9 Å². The maximum atomic E-state index is 5.60. The Morgan fingerprint density at radius 2 is 2.47 bits per heavy atom. The summed E-state index contributed by atoms with van der Waals surface area (Å²) >= 11 is 0. The summed E-state index contributed by atoms with van der Waals surface area (Å²) in [7, 11) is 0. The Hall–Kier alpha value is -0.870. The van der Waals surface area contributed by atoms with Gasteiger partial charge in [0.15, 0.2) is 0 Å². The zero-order valence-corrected chi connectivity index (χ0v) is 10.9. The van der Waals surface area contributed by atoms with E-state index in [9.17, 15) is 0 Å². The Morgan fingerprint density at radius 1 is 1.59 bits per heavy atom. The van der Waals surface area contributed by atoms with E-state index in [1.807, 2.05) is 6.20 Å². The third-order valence-electron chi connectivity index (χ3n) is 3.46. The first-order valence-corrected chi connectivity index (χ1v) is 6.69. The molecule has 1 saturated heterocycles. The molecule has 4 nitrogen and oxygen atoms in total. The zero-order chi connectivity index (χ0) is 12.1. The van der Waals surface area contributed by atoms with E-state index < -0.39 is 0 Å². The fourth-order valence-corrected chi connectivity index (χ4v) is 2.58. The van der Waals surface area contributed by atoms with Crippen molar-refractivity contribution >= 4 is 0 Å². The molecule has 4 heteroatoms. The largest absolute Gasteiger partial charge is 0.381 e. The average molecular weight is 237 g/mol. The standard InChI is InChI=1S/C13H23N3O/c1-3-14-12(11-6-5-9-17-10-11)13-15-7-8-16(13)4-2/h7-8,11-12,14H,3-6,9-10H2,1-2H3. The van der Waals surface area contributed by atoms with Gasteiger partial charge in [-0.25, -0.2) is 4.98 Å². The molecule has 2 unspecified atom stereocenters. The van der Waals surface area contributed by atoms with Crippen molar-refractivity contribution in [2.45, 2.75) is 39.3 Å². The van der Waals surface area contributed by atoms with Gasteiger partial charge < -0.3 is 14.6 Å². The maximum Gasteiger partial charge on any atom is 0.126 e. The van der Waals surface area contributed by atoms with Crippen LogP contribution >= 0.6 is 0 Å². The van der Waals surface area contributed by atoms with Gasteiger partial charge in [0.2, 0.25) is 0 Å². The molecule has 96 valence electrons. The topological polar surface area (TPSA) is 39.1 Å². The van der Waals surface area contributed by atoms with Crippen molar-refractivity contribution in [3.8, 4) is 0 Å². The Labute approximate surface area is 103 Å². The molecule has 1 aromatic rings. The highest BCUT2D eigenvalue weighted by Crippen LogP contribution is 2.27. The molecule has 1 aliphatic heterocycles. The molecule has 2 atom stereocenters. The number of hydrogen-bond acceptors (Lipinski definition) is 3. The van der Waals surface area contributed by atoms with E-state index in [1.165, 1.54) is 12.8 Å². The van der Waals surface area contributed by atoms with Crippen LogP contribution in [0.3, 0.4) is 0 Å². The molecule has 0 aromatic carbocycles. The first kappa shape index (κ1) is 12.6. The Morgan fingerprint density at radius 3 is 3.12 bits per heavy atom. The Bertz CT molecular complexity index is 331. The number of ether oxygens (including phenoxy) is 1. The lowest BCUT2D eigenvalue weighted by molar-refractivity contribution is 0.0374. The molecule has 0 bridgehead atoms. The van der Waals surface area contributed by atoms with E-state index in [1.54, 1.807) is 0 Å². The molecule has 0 saturated carbocycles. The second kappa shape index (κ2) is 6.17. The molecular formula is C13H23N3O. The molecule has 1 N–H and O–H groups in total. The van der Waals surface area contributed by atoms with Crippen molar-refractivity contribution in [2.75, 3.05) is 19.8 Å². The first-order valence-electron chi connectivity index (χ1n) is 6.69. The average Bonchev–Trinajstić information content (AvgIpc) is 2.85. The molecule has 0 aliphatic carbocycles. The van der Waals surface area contributed by atoms with Crippen molar-refractivity contribution in [1.82, 2.24) is 14.9 Å². The van der Waals surface area contributed by atoms with Crippen LogP contribution in [0.15, 0.2) is 12.4 Å². The molecule has 17 heavy (non-hydrogen) atoms. The van der Waals surface area contributed by atoms with Crippen LogP contribution in [0.5, 0.6) is 0 Å². The van der Waals surface area contributed by atoms with E-state index in [0.717, 1.165) is 32.1 Å². The van der Waals surface area contributed by atoms with Gasteiger partial charge in [-0.1, -0.05) is 6.92 Å². The molecule has 1 fully saturated rings. The van der Waals surface area contributed by atoms with Crippen molar-refractivity contribution in [1.29, 1.82) is 0 Å². The number of aromatic nitrogens is 2. The SMILES string of the molecule is CCNC(c1nccn1CC)C1CCCOC1. The number of nitrogens with zero attached hydrogens (tertiary/aromatic N) is 2. The van der Waals surface area contributed by atoms with Gasteiger partial charge >= 0.3 is 0 Å². The van der Waals surface area contributed by atoms with Crippen LogP contribution in [0.1, 0.15) is 38.6 Å². The molecule has 0 spiro atoms. The van der Waals surface area contributed by atoms with Crippen molar-refractivity contribution in [3.05, 3.63) is 18.2 Å². The molecule has 2 heterocycles. The minimum atomic E-state index is 0.329. The molecule has 1 aromatic heterocycles. The van der Waals surface area contributed by atoms with Gasteiger partial charge in [-0.3, -0.25) is 0 Å². The van der Waals surface area contributed by atoms with Gasteiger partial charge in [-0.2, -0.15) is 0 Å². The van der Waals surface area contributed by atoms with E-state index in [4.69, 9.17) is 4.74 Å². The number of hydrogen-bond donors (Lipinski definition) is 1. The second-order valence-corrected chi connectivity index (χ2v) is 4.58. The second-order valence-electron chi connectivity index (χ2n) is 4.58. The highest BCUT2D eigenvalue weighted by atomic mass is 16.5. The molecule has 0 amide bonds. The minimum absolute atomic E-state index is 0.329. The molecular weight excluding hydrogens is 214 g/mol. The highest BCUT2D eigenvalue weighted by molar-refractivity contribution is 5.02. The number of rotatable bonds is 5. The van der Waals surface area contributed by atoms with Gasteiger partial charge in [0.1, 0.15) is 5.82 Å². The van der Waals surface area contributed by atoms with E-state index in [-0.39, 0.29) is 0 Å². The number of nitrogens with one attached hydrogen (secondary N) is 1. The number of aryl methyl sites for hydroxylation is 1. The van der Waals surface area contributed by atoms with Crippen molar-refractivity contribution in [3.63, 3.8) is 0 Å². The quantitative estimate of drug-likeness (QED) is 0.851. The Kier molecular flexibility index (Phi) is 4.57. The third-order valence-corrected chi connectivity index (χ3v) is 3.46.